The van der Waals surface area contributed by atoms with E-state index in [0.29, 0.717) is 0 Å². The van der Waals surface area contributed by atoms with E-state index in [1.165, 1.54) is 82.7 Å². The van der Waals surface area contributed by atoms with Crippen molar-refractivity contribution < 1.29 is 0 Å². The molecule has 0 aromatic heterocycles. The van der Waals surface area contributed by atoms with E-state index in [-0.39, 0.29) is 0 Å². The molecule has 4 heterocycles. The van der Waals surface area contributed by atoms with Crippen LogP contribution in [0.25, 0.3) is 0 Å². The summed E-state index contributed by atoms with van der Waals surface area (Å²) in [7, 11) is 0. The molecule has 4 nitrogen and oxygen atoms in total. The molecule has 4 heteroatoms. The zero-order valence-electron chi connectivity index (χ0n) is 20.1. The summed E-state index contributed by atoms with van der Waals surface area (Å²) < 4.78 is 0. The Morgan fingerprint density at radius 1 is 0.576 bits per heavy atom. The largest absolute Gasteiger partial charge is 0.301 e. The van der Waals surface area contributed by atoms with Gasteiger partial charge < -0.3 is 9.80 Å². The molecule has 4 saturated heterocycles. The van der Waals surface area contributed by atoms with Crippen molar-refractivity contribution in [1.29, 1.82) is 0 Å². The zero-order valence-corrected chi connectivity index (χ0v) is 20.1. The first-order chi connectivity index (χ1) is 16.3. The van der Waals surface area contributed by atoms with Gasteiger partial charge in [-0.25, -0.2) is 0 Å². The molecule has 33 heavy (non-hydrogen) atoms. The molecule has 0 amide bonds. The van der Waals surface area contributed by atoms with Gasteiger partial charge in [-0.2, -0.15) is 0 Å². The van der Waals surface area contributed by atoms with Crippen LogP contribution in [-0.4, -0.2) is 84.0 Å². The Hall–Kier alpha value is -1.72. The summed E-state index contributed by atoms with van der Waals surface area (Å²) in [5.41, 5.74) is 2.94. The van der Waals surface area contributed by atoms with Crippen molar-refractivity contribution in [2.45, 2.75) is 44.4 Å². The minimum Gasteiger partial charge on any atom is -0.301 e. The summed E-state index contributed by atoms with van der Waals surface area (Å²) in [4.78, 5) is 11.0. The molecule has 0 bridgehead atoms. The maximum absolute atomic E-state index is 2.77. The van der Waals surface area contributed by atoms with Gasteiger partial charge in [0.1, 0.15) is 0 Å². The van der Waals surface area contributed by atoms with E-state index in [1.54, 1.807) is 0 Å². The van der Waals surface area contributed by atoms with Gasteiger partial charge in [-0.3, -0.25) is 9.80 Å². The predicted octanol–water partition coefficient (Wildman–Crippen LogP) is 3.79. The van der Waals surface area contributed by atoms with Crippen LogP contribution in [0.5, 0.6) is 0 Å². The normalized spacial score (nSPS) is 30.8. The van der Waals surface area contributed by atoms with Gasteiger partial charge in [0.15, 0.2) is 0 Å². The lowest BCUT2D eigenvalue weighted by atomic mass is 10.0. The minimum absolute atomic E-state index is 0.780. The molecule has 0 spiro atoms. The number of hydrogen-bond donors (Lipinski definition) is 0. The molecule has 4 aliphatic rings. The van der Waals surface area contributed by atoms with E-state index in [2.05, 4.69) is 80.3 Å². The molecule has 0 radical (unpaired) electrons. The summed E-state index contributed by atoms with van der Waals surface area (Å²) in [6, 6.07) is 23.7. The average Bonchev–Trinajstić information content (AvgIpc) is 3.59. The van der Waals surface area contributed by atoms with Crippen molar-refractivity contribution in [3.8, 4) is 0 Å². The highest BCUT2D eigenvalue weighted by molar-refractivity contribution is 5.16. The van der Waals surface area contributed by atoms with Crippen LogP contribution in [0.4, 0.5) is 0 Å². The summed E-state index contributed by atoms with van der Waals surface area (Å²) in [5, 5.41) is 0. The molecule has 4 fully saturated rings. The van der Waals surface area contributed by atoms with Gasteiger partial charge in [-0.15, -0.1) is 0 Å². The summed E-state index contributed by atoms with van der Waals surface area (Å²) in [5.74, 6) is 1.79. The van der Waals surface area contributed by atoms with E-state index >= 15 is 0 Å². The van der Waals surface area contributed by atoms with Crippen LogP contribution >= 0.6 is 0 Å². The molecule has 0 aliphatic carbocycles. The number of fused-ring (bicyclic) bond motifs is 2. The molecule has 0 unspecified atom stereocenters. The number of likely N-dealkylation sites (tertiary alicyclic amines) is 4. The Bertz CT molecular complexity index is 814. The molecule has 4 atom stereocenters. The zero-order chi connectivity index (χ0) is 22.0. The van der Waals surface area contributed by atoms with Crippen LogP contribution < -0.4 is 0 Å². The fourth-order valence-corrected chi connectivity index (χ4v) is 7.18. The van der Waals surface area contributed by atoms with Crippen molar-refractivity contribution in [1.82, 2.24) is 19.6 Å². The topological polar surface area (TPSA) is 13.0 Å². The highest BCUT2D eigenvalue weighted by Crippen LogP contribution is 2.34. The Kier molecular flexibility index (Phi) is 6.52. The first-order valence-corrected chi connectivity index (χ1v) is 13.3. The fourth-order valence-electron chi connectivity index (χ4n) is 7.18. The highest BCUT2D eigenvalue weighted by Gasteiger charge is 2.42. The van der Waals surface area contributed by atoms with Crippen molar-refractivity contribution >= 4 is 0 Å². The Morgan fingerprint density at radius 3 is 1.48 bits per heavy atom. The quantitative estimate of drug-likeness (QED) is 0.614. The van der Waals surface area contributed by atoms with Crippen LogP contribution in [-0.2, 0) is 13.1 Å². The van der Waals surface area contributed by atoms with Gasteiger partial charge in [-0.1, -0.05) is 60.7 Å². The number of rotatable bonds is 8. The number of benzene rings is 2. The molecule has 6 rings (SSSR count). The lowest BCUT2D eigenvalue weighted by Crippen LogP contribution is -2.36. The Labute approximate surface area is 200 Å². The van der Waals surface area contributed by atoms with Gasteiger partial charge in [0.2, 0.25) is 0 Å². The van der Waals surface area contributed by atoms with Gasteiger partial charge in [0, 0.05) is 51.4 Å². The van der Waals surface area contributed by atoms with Crippen LogP contribution in [0.2, 0.25) is 0 Å². The number of nitrogens with zero attached hydrogens (tertiary/aromatic N) is 4. The molecule has 176 valence electrons. The second-order valence-electron chi connectivity index (χ2n) is 11.0. The molecular formula is C29H40N4. The molecule has 0 N–H and O–H groups in total. The van der Waals surface area contributed by atoms with Crippen molar-refractivity contribution in [3.05, 3.63) is 71.8 Å². The second kappa shape index (κ2) is 9.87. The van der Waals surface area contributed by atoms with E-state index in [4.69, 9.17) is 0 Å². The van der Waals surface area contributed by atoms with Crippen molar-refractivity contribution in [2.75, 3.05) is 52.4 Å². The first-order valence-electron chi connectivity index (χ1n) is 13.3. The standard InChI is InChI=1S/C29H40N4/c1-3-8-24(9-4-1)18-32-16-12-26-20-30(22-28(26)32)14-7-15-31-21-27-13-17-33(29(27)23-31)19-25-10-5-2-6-11-25/h1-6,8-11,26-29H,7,12-23H2/t26-,27+,28+,29-. The van der Waals surface area contributed by atoms with Gasteiger partial charge in [0.05, 0.1) is 0 Å². The van der Waals surface area contributed by atoms with E-state index in [1.807, 2.05) is 0 Å². The third-order valence-electron chi connectivity index (χ3n) is 8.88. The third-order valence-corrected chi connectivity index (χ3v) is 8.88. The van der Waals surface area contributed by atoms with Crippen LogP contribution in [0.1, 0.15) is 30.4 Å². The maximum Gasteiger partial charge on any atom is 0.0267 e. The molecule has 2 aromatic rings. The summed E-state index contributed by atoms with van der Waals surface area (Å²) in [6.45, 7) is 12.6. The van der Waals surface area contributed by atoms with Crippen LogP contribution in [0.3, 0.4) is 0 Å². The average molecular weight is 445 g/mol. The highest BCUT2D eigenvalue weighted by atomic mass is 15.3. The van der Waals surface area contributed by atoms with E-state index in [0.717, 1.165) is 37.0 Å². The summed E-state index contributed by atoms with van der Waals surface area (Å²) >= 11 is 0. The maximum atomic E-state index is 2.77. The van der Waals surface area contributed by atoms with E-state index < -0.39 is 0 Å². The smallest absolute Gasteiger partial charge is 0.0267 e. The van der Waals surface area contributed by atoms with Crippen molar-refractivity contribution in [2.24, 2.45) is 11.8 Å². The predicted molar refractivity (Wildman–Crippen MR) is 135 cm³/mol. The monoisotopic (exact) mass is 444 g/mol. The van der Waals surface area contributed by atoms with Crippen LogP contribution in [0.15, 0.2) is 60.7 Å². The molecule has 4 aliphatic heterocycles. The Morgan fingerprint density at radius 2 is 1.03 bits per heavy atom. The van der Waals surface area contributed by atoms with E-state index in [9.17, 15) is 0 Å². The van der Waals surface area contributed by atoms with Crippen molar-refractivity contribution in [3.63, 3.8) is 0 Å². The fraction of sp³-hybridized carbons (Fsp3) is 0.586. The van der Waals surface area contributed by atoms with Crippen LogP contribution in [0, 0.1) is 11.8 Å². The minimum atomic E-state index is 0.780. The van der Waals surface area contributed by atoms with Gasteiger partial charge in [0.25, 0.3) is 0 Å². The van der Waals surface area contributed by atoms with Gasteiger partial charge >= 0.3 is 0 Å². The third kappa shape index (κ3) is 4.90. The molecule has 0 saturated carbocycles. The number of hydrogen-bond acceptors (Lipinski definition) is 4. The molecule has 2 aromatic carbocycles. The summed E-state index contributed by atoms with van der Waals surface area (Å²) in [6.07, 6.45) is 4.11. The second-order valence-corrected chi connectivity index (χ2v) is 11.0. The lowest BCUT2D eigenvalue weighted by Gasteiger charge is -2.26. The SMILES string of the molecule is c1ccc(CN2CC[C@H]3CN(CCCN4C[C@H]5CCN(Cc6ccccc6)[C@H]5C4)C[C@H]32)cc1. The Balaban J connectivity index is 0.941. The lowest BCUT2D eigenvalue weighted by molar-refractivity contribution is 0.201. The first kappa shape index (κ1) is 21.8. The molecular weight excluding hydrogens is 404 g/mol. The van der Waals surface area contributed by atoms with Gasteiger partial charge in [-0.05, 0) is 68.4 Å².